The number of rotatable bonds is 5. The van der Waals surface area contributed by atoms with Gasteiger partial charge in [-0.25, -0.2) is 14.6 Å². The van der Waals surface area contributed by atoms with Gasteiger partial charge in [-0.05, 0) is 24.6 Å². The highest BCUT2D eigenvalue weighted by atomic mass is 16.1. The number of hydrogen-bond acceptors (Lipinski definition) is 5. The maximum atomic E-state index is 13.2. The third kappa shape index (κ3) is 3.98. The number of carbonyl (C=O) groups excluding carboxylic acids is 1. The molecule has 0 saturated carbocycles. The minimum atomic E-state index is -0.290. The van der Waals surface area contributed by atoms with Crippen LogP contribution in [0.15, 0.2) is 73.3 Å². The summed E-state index contributed by atoms with van der Waals surface area (Å²) in [5.41, 5.74) is 5.06. The van der Waals surface area contributed by atoms with Gasteiger partial charge in [-0.2, -0.15) is 5.10 Å². The average molecular weight is 423 g/mol. The molecule has 0 fully saturated rings. The molecule has 2 aromatic carbocycles. The lowest BCUT2D eigenvalue weighted by Gasteiger charge is -2.08. The fraction of sp³-hybridized carbons (Fsp3) is 0.125. The number of nitrogens with zero attached hydrogens (tertiary/aromatic N) is 6. The number of nitrogens with one attached hydrogen (secondary N) is 1. The van der Waals surface area contributed by atoms with Crippen molar-refractivity contribution in [1.82, 2.24) is 29.5 Å². The topological polar surface area (TPSA) is 90.5 Å². The van der Waals surface area contributed by atoms with E-state index in [1.165, 1.54) is 5.56 Å². The number of carbonyl (C=O) groups is 1. The molecule has 0 aliphatic rings. The van der Waals surface area contributed by atoms with Crippen LogP contribution in [0.3, 0.4) is 0 Å². The summed E-state index contributed by atoms with van der Waals surface area (Å²) in [4.78, 5) is 22.1. The normalized spacial score (nSPS) is 11.1. The van der Waals surface area contributed by atoms with Crippen molar-refractivity contribution >= 4 is 22.8 Å². The average Bonchev–Trinajstić information content (AvgIpc) is 3.41. The zero-order chi connectivity index (χ0) is 22.1. The van der Waals surface area contributed by atoms with Gasteiger partial charge in [0.1, 0.15) is 6.33 Å². The maximum absolute atomic E-state index is 13.2. The lowest BCUT2D eigenvalue weighted by Crippen LogP contribution is -2.14. The summed E-state index contributed by atoms with van der Waals surface area (Å²) in [5, 5.41) is 12.2. The molecule has 0 aliphatic heterocycles. The number of aromatic nitrogens is 6. The van der Waals surface area contributed by atoms with Crippen LogP contribution >= 0.6 is 0 Å². The minimum Gasteiger partial charge on any atom is -0.289 e. The van der Waals surface area contributed by atoms with Gasteiger partial charge in [0.2, 0.25) is 5.95 Å². The fourth-order valence-corrected chi connectivity index (χ4v) is 3.66. The standard InChI is InChI=1S/C24H21N7O/c1-16-6-5-7-17(10-16)13-31-15-25-24(29-31)28-23(32)20-11-22(18-12-26-30(2)14-18)27-21-9-4-3-8-19(20)21/h3-12,14-15H,13H2,1-2H3,(H,28,29,32). The first-order valence-electron chi connectivity index (χ1n) is 10.2. The van der Waals surface area contributed by atoms with Crippen molar-refractivity contribution in [2.24, 2.45) is 7.05 Å². The molecule has 0 bridgehead atoms. The second-order valence-corrected chi connectivity index (χ2v) is 7.68. The molecular formula is C24H21N7O. The predicted octanol–water partition coefficient (Wildman–Crippen LogP) is 3.84. The summed E-state index contributed by atoms with van der Waals surface area (Å²) in [5.74, 6) is -0.0338. The summed E-state index contributed by atoms with van der Waals surface area (Å²) >= 11 is 0. The quantitative estimate of drug-likeness (QED) is 0.464. The molecule has 5 rings (SSSR count). The van der Waals surface area contributed by atoms with Crippen molar-refractivity contribution in [2.45, 2.75) is 13.5 Å². The molecule has 0 saturated heterocycles. The van der Waals surface area contributed by atoms with Gasteiger partial charge in [-0.15, -0.1) is 5.10 Å². The largest absolute Gasteiger partial charge is 0.289 e. The van der Waals surface area contributed by atoms with E-state index in [0.29, 0.717) is 17.8 Å². The van der Waals surface area contributed by atoms with Crippen LogP contribution < -0.4 is 5.32 Å². The molecule has 32 heavy (non-hydrogen) atoms. The van der Waals surface area contributed by atoms with Crippen molar-refractivity contribution in [3.8, 4) is 11.3 Å². The molecule has 1 N–H and O–H groups in total. The van der Waals surface area contributed by atoms with Gasteiger partial charge in [0, 0.05) is 24.2 Å². The van der Waals surface area contributed by atoms with Crippen LogP contribution in [0.4, 0.5) is 5.95 Å². The summed E-state index contributed by atoms with van der Waals surface area (Å²) in [7, 11) is 1.84. The Bertz CT molecular complexity index is 1430. The lowest BCUT2D eigenvalue weighted by molar-refractivity contribution is 0.102. The van der Waals surface area contributed by atoms with Crippen molar-refractivity contribution < 1.29 is 4.79 Å². The van der Waals surface area contributed by atoms with Crippen LogP contribution in [0.5, 0.6) is 0 Å². The molecule has 0 radical (unpaired) electrons. The lowest BCUT2D eigenvalue weighted by atomic mass is 10.1. The number of fused-ring (bicyclic) bond motifs is 1. The highest BCUT2D eigenvalue weighted by Crippen LogP contribution is 2.25. The number of pyridine rings is 1. The monoisotopic (exact) mass is 423 g/mol. The Morgan fingerprint density at radius 2 is 1.97 bits per heavy atom. The van der Waals surface area contributed by atoms with Crippen LogP contribution in [0.25, 0.3) is 22.2 Å². The van der Waals surface area contributed by atoms with Gasteiger partial charge < -0.3 is 0 Å². The summed E-state index contributed by atoms with van der Waals surface area (Å²) in [6.45, 7) is 2.63. The van der Waals surface area contributed by atoms with Gasteiger partial charge in [-0.1, -0.05) is 48.0 Å². The van der Waals surface area contributed by atoms with Crippen molar-refractivity contribution in [1.29, 1.82) is 0 Å². The van der Waals surface area contributed by atoms with Crippen molar-refractivity contribution in [3.05, 3.63) is 90.0 Å². The van der Waals surface area contributed by atoms with E-state index in [1.807, 2.05) is 49.6 Å². The molecule has 0 spiro atoms. The first-order valence-corrected chi connectivity index (χ1v) is 10.2. The van der Waals surface area contributed by atoms with Crippen LogP contribution in [0.2, 0.25) is 0 Å². The number of anilines is 1. The van der Waals surface area contributed by atoms with Crippen molar-refractivity contribution in [2.75, 3.05) is 5.32 Å². The number of amides is 1. The van der Waals surface area contributed by atoms with E-state index in [4.69, 9.17) is 4.98 Å². The number of aryl methyl sites for hydroxylation is 2. The number of para-hydroxylation sites is 1. The molecule has 3 aromatic heterocycles. The SMILES string of the molecule is Cc1cccc(Cn2cnc(NC(=O)c3cc(-c4cnn(C)c4)nc4ccccc34)n2)c1. The fourth-order valence-electron chi connectivity index (χ4n) is 3.66. The van der Waals surface area contributed by atoms with Gasteiger partial charge in [-0.3, -0.25) is 14.8 Å². The highest BCUT2D eigenvalue weighted by molar-refractivity contribution is 6.12. The van der Waals surface area contributed by atoms with Crippen molar-refractivity contribution in [3.63, 3.8) is 0 Å². The molecule has 5 aromatic rings. The second kappa shape index (κ2) is 8.07. The summed E-state index contributed by atoms with van der Waals surface area (Å²) in [6, 6.07) is 17.5. The zero-order valence-electron chi connectivity index (χ0n) is 17.7. The molecule has 1 amide bonds. The van der Waals surface area contributed by atoms with Gasteiger partial charge in [0.05, 0.1) is 29.5 Å². The minimum absolute atomic E-state index is 0.256. The van der Waals surface area contributed by atoms with Crippen LogP contribution in [0, 0.1) is 6.92 Å². The van der Waals surface area contributed by atoms with E-state index in [9.17, 15) is 4.79 Å². The summed E-state index contributed by atoms with van der Waals surface area (Å²) in [6.07, 6.45) is 5.21. The second-order valence-electron chi connectivity index (χ2n) is 7.68. The predicted molar refractivity (Wildman–Crippen MR) is 122 cm³/mol. The molecule has 0 aliphatic carbocycles. The Labute approximate surface area is 184 Å². The van der Waals surface area contributed by atoms with Gasteiger partial charge in [0.15, 0.2) is 0 Å². The van der Waals surface area contributed by atoms with Crippen LogP contribution in [-0.2, 0) is 13.6 Å². The number of benzene rings is 2. The van der Waals surface area contributed by atoms with E-state index < -0.39 is 0 Å². The molecule has 0 atom stereocenters. The molecule has 158 valence electrons. The van der Waals surface area contributed by atoms with E-state index in [0.717, 1.165) is 22.0 Å². The Morgan fingerprint density at radius 3 is 2.78 bits per heavy atom. The third-order valence-electron chi connectivity index (χ3n) is 5.15. The Hall–Kier alpha value is -4.33. The molecule has 3 heterocycles. The van der Waals surface area contributed by atoms with E-state index in [-0.39, 0.29) is 11.9 Å². The first-order chi connectivity index (χ1) is 15.5. The van der Waals surface area contributed by atoms with Crippen LogP contribution in [-0.4, -0.2) is 35.4 Å². The van der Waals surface area contributed by atoms with Gasteiger partial charge >= 0.3 is 0 Å². The first kappa shape index (κ1) is 19.6. The molecule has 0 unspecified atom stereocenters. The smallest absolute Gasteiger partial charge is 0.258 e. The Kier molecular flexibility index (Phi) is 4.95. The number of hydrogen-bond donors (Lipinski definition) is 1. The molecule has 8 nitrogen and oxygen atoms in total. The van der Waals surface area contributed by atoms with Gasteiger partial charge in [0.25, 0.3) is 5.91 Å². The Morgan fingerprint density at radius 1 is 1.09 bits per heavy atom. The third-order valence-corrected chi connectivity index (χ3v) is 5.15. The van der Waals surface area contributed by atoms with E-state index >= 15 is 0 Å². The van der Waals surface area contributed by atoms with E-state index in [2.05, 4.69) is 39.6 Å². The highest BCUT2D eigenvalue weighted by Gasteiger charge is 2.16. The van der Waals surface area contributed by atoms with E-state index in [1.54, 1.807) is 28.0 Å². The zero-order valence-corrected chi connectivity index (χ0v) is 17.7. The maximum Gasteiger partial charge on any atom is 0.258 e. The Balaban J connectivity index is 1.43. The molecular weight excluding hydrogens is 402 g/mol. The summed E-state index contributed by atoms with van der Waals surface area (Å²) < 4.78 is 3.41. The molecule has 8 heteroatoms. The van der Waals surface area contributed by atoms with Crippen LogP contribution in [0.1, 0.15) is 21.5 Å².